The largest absolute Gasteiger partial charge is 0.472 e. The minimum atomic E-state index is -4.96. The first-order chi connectivity index (χ1) is 47.3. The molecule has 0 fully saturated rings. The molecule has 0 radical (unpaired) electrons. The molecule has 0 saturated carbocycles. The van der Waals surface area contributed by atoms with E-state index in [4.69, 9.17) is 37.0 Å². The van der Waals surface area contributed by atoms with Crippen molar-refractivity contribution in [2.45, 2.75) is 426 Å². The number of hydrogen-bond acceptors (Lipinski definition) is 15. The van der Waals surface area contributed by atoms with Crippen LogP contribution in [-0.4, -0.2) is 96.7 Å². The van der Waals surface area contributed by atoms with Gasteiger partial charge in [-0.1, -0.05) is 357 Å². The van der Waals surface area contributed by atoms with Gasteiger partial charge in [0.1, 0.15) is 19.3 Å². The number of rotatable bonds is 77. The molecule has 582 valence electrons. The topological polar surface area (TPSA) is 237 Å². The van der Waals surface area contributed by atoms with Crippen LogP contribution in [0.5, 0.6) is 0 Å². The zero-order chi connectivity index (χ0) is 72.3. The Kier molecular flexibility index (Phi) is 68.1. The van der Waals surface area contributed by atoms with Crippen molar-refractivity contribution < 1.29 is 80.2 Å². The van der Waals surface area contributed by atoms with Gasteiger partial charge in [-0.15, -0.1) is 0 Å². The molecule has 98 heavy (non-hydrogen) atoms. The fourth-order valence-electron chi connectivity index (χ4n) is 12.1. The number of carbonyl (C=O) groups is 4. The number of carbonyl (C=O) groups excluding carboxylic acids is 4. The number of hydrogen-bond donors (Lipinski definition) is 3. The SMILES string of the molecule is CCCCCCCC(=O)OC[C@H](COP(=O)(O)OC[C@H](O)COP(=O)(O)OC[C@@H](COC(=O)CCCCCCCCCCCCCCCC(C)C)OC(=O)CCCCCCCCCCCCCCCCCCCCC(C)CC)OC(=O)CCCCCCCCCCCCCCC(C)C. The molecule has 0 aliphatic carbocycles. The van der Waals surface area contributed by atoms with Gasteiger partial charge in [-0.25, -0.2) is 9.13 Å². The fraction of sp³-hybridized carbons (Fsp3) is 0.949. The van der Waals surface area contributed by atoms with E-state index in [0.717, 1.165) is 114 Å². The normalized spacial score (nSPS) is 14.3. The highest BCUT2D eigenvalue weighted by atomic mass is 31.2. The third-order valence-corrected chi connectivity index (χ3v) is 20.6. The van der Waals surface area contributed by atoms with Gasteiger partial charge >= 0.3 is 39.5 Å². The number of unbranched alkanes of at least 4 members (excludes halogenated alkanes) is 44. The predicted octanol–water partition coefficient (Wildman–Crippen LogP) is 23.4. The molecular formula is C79H154O17P2. The Labute approximate surface area is 600 Å². The van der Waals surface area contributed by atoms with Crippen molar-refractivity contribution >= 4 is 39.5 Å². The third kappa shape index (κ3) is 71.1. The van der Waals surface area contributed by atoms with Crippen LogP contribution in [0.2, 0.25) is 0 Å². The van der Waals surface area contributed by atoms with E-state index < -0.39 is 97.5 Å². The van der Waals surface area contributed by atoms with Crippen LogP contribution in [0, 0.1) is 17.8 Å². The second-order valence-corrected chi connectivity index (χ2v) is 32.6. The Morgan fingerprint density at radius 2 is 0.520 bits per heavy atom. The number of aliphatic hydroxyl groups excluding tert-OH is 1. The van der Waals surface area contributed by atoms with Gasteiger partial charge in [0.2, 0.25) is 0 Å². The monoisotopic (exact) mass is 1440 g/mol. The fourth-order valence-corrected chi connectivity index (χ4v) is 13.7. The van der Waals surface area contributed by atoms with Crippen LogP contribution in [0.4, 0.5) is 0 Å². The summed E-state index contributed by atoms with van der Waals surface area (Å²) in [5, 5.41) is 10.6. The van der Waals surface area contributed by atoms with Crippen LogP contribution in [0.1, 0.15) is 408 Å². The Morgan fingerprint density at radius 3 is 0.776 bits per heavy atom. The summed E-state index contributed by atoms with van der Waals surface area (Å²) in [6, 6.07) is 0. The molecule has 17 nitrogen and oxygen atoms in total. The average Bonchev–Trinajstić information content (AvgIpc) is 1.00. The average molecular weight is 1440 g/mol. The highest BCUT2D eigenvalue weighted by Crippen LogP contribution is 2.45. The number of phosphoric ester groups is 2. The van der Waals surface area contributed by atoms with Crippen molar-refractivity contribution in [3.05, 3.63) is 0 Å². The third-order valence-electron chi connectivity index (χ3n) is 18.7. The van der Waals surface area contributed by atoms with Gasteiger partial charge in [0.15, 0.2) is 12.2 Å². The highest BCUT2D eigenvalue weighted by Gasteiger charge is 2.30. The molecule has 0 heterocycles. The molecule has 0 aliphatic heterocycles. The van der Waals surface area contributed by atoms with Gasteiger partial charge in [-0.2, -0.15) is 0 Å². The van der Waals surface area contributed by atoms with Crippen LogP contribution in [0.25, 0.3) is 0 Å². The quantitative estimate of drug-likeness (QED) is 0.0222. The van der Waals surface area contributed by atoms with Crippen LogP contribution >= 0.6 is 15.6 Å². The Hall–Kier alpha value is -1.94. The summed E-state index contributed by atoms with van der Waals surface area (Å²) in [6.45, 7) is 11.9. The lowest BCUT2D eigenvalue weighted by atomic mass is 9.99. The molecule has 3 unspecified atom stereocenters. The Bertz CT molecular complexity index is 1910. The van der Waals surface area contributed by atoms with Gasteiger partial charge in [0, 0.05) is 25.7 Å². The van der Waals surface area contributed by atoms with Crippen molar-refractivity contribution in [3.8, 4) is 0 Å². The molecule has 0 amide bonds. The van der Waals surface area contributed by atoms with E-state index in [1.54, 1.807) is 0 Å². The summed E-state index contributed by atoms with van der Waals surface area (Å²) in [5.74, 6) is 0.314. The van der Waals surface area contributed by atoms with Crippen LogP contribution in [0.3, 0.4) is 0 Å². The summed E-state index contributed by atoms with van der Waals surface area (Å²) in [5.41, 5.74) is 0. The number of ether oxygens (including phenoxy) is 4. The van der Waals surface area contributed by atoms with Crippen LogP contribution in [-0.2, 0) is 65.4 Å². The van der Waals surface area contributed by atoms with Crippen molar-refractivity contribution in [2.75, 3.05) is 39.6 Å². The first-order valence-electron chi connectivity index (χ1n) is 40.9. The van der Waals surface area contributed by atoms with Crippen molar-refractivity contribution in [2.24, 2.45) is 17.8 Å². The maximum atomic E-state index is 13.1. The first-order valence-corrected chi connectivity index (χ1v) is 43.9. The molecule has 0 aromatic rings. The van der Waals surface area contributed by atoms with Crippen molar-refractivity contribution in [3.63, 3.8) is 0 Å². The van der Waals surface area contributed by atoms with E-state index in [2.05, 4.69) is 48.5 Å². The molecule has 6 atom stereocenters. The van der Waals surface area contributed by atoms with E-state index in [1.165, 1.54) is 212 Å². The van der Waals surface area contributed by atoms with Gasteiger partial charge in [-0.05, 0) is 43.4 Å². The zero-order valence-electron chi connectivity index (χ0n) is 64.3. The highest BCUT2D eigenvalue weighted by molar-refractivity contribution is 7.47. The van der Waals surface area contributed by atoms with E-state index in [1.807, 2.05) is 0 Å². The summed E-state index contributed by atoms with van der Waals surface area (Å²) in [7, 11) is -9.91. The molecule has 0 spiro atoms. The Morgan fingerprint density at radius 1 is 0.296 bits per heavy atom. The molecule has 19 heteroatoms. The summed E-state index contributed by atoms with van der Waals surface area (Å²) in [6.07, 6.45) is 57.3. The minimum Gasteiger partial charge on any atom is -0.462 e. The van der Waals surface area contributed by atoms with Gasteiger partial charge in [0.05, 0.1) is 26.4 Å². The summed E-state index contributed by atoms with van der Waals surface area (Å²) in [4.78, 5) is 72.6. The van der Waals surface area contributed by atoms with Crippen molar-refractivity contribution in [1.82, 2.24) is 0 Å². The van der Waals surface area contributed by atoms with Gasteiger partial charge < -0.3 is 33.8 Å². The molecule has 3 N–H and O–H groups in total. The molecule has 0 aromatic carbocycles. The standard InChI is InChI=1S/C79H154O17P2/c1-8-10-11-43-53-60-76(81)89-66-74(95-78(83)62-56-49-42-36-30-24-23-26-32-38-45-51-58-71(5)6)68-93-97(85,86)91-64-73(80)65-92-98(87,88)94-69-75(67-90-77(82)61-54-47-40-34-28-22-18-19-25-31-37-44-50-57-70(3)4)96-79(84)63-55-48-41-35-29-21-17-15-13-12-14-16-20-27-33-39-46-52-59-72(7)9-2/h70-75,80H,8-69H2,1-7H3,(H,85,86)(H,87,88)/t72?,73-,74+,75+/m0/s1. The van der Waals surface area contributed by atoms with E-state index in [-0.39, 0.29) is 25.7 Å². The van der Waals surface area contributed by atoms with Gasteiger partial charge in [-0.3, -0.25) is 37.3 Å². The molecule has 0 bridgehead atoms. The molecular weight excluding hydrogens is 1280 g/mol. The lowest BCUT2D eigenvalue weighted by Gasteiger charge is -2.21. The van der Waals surface area contributed by atoms with E-state index >= 15 is 0 Å². The summed E-state index contributed by atoms with van der Waals surface area (Å²) >= 11 is 0. The lowest BCUT2D eigenvalue weighted by Crippen LogP contribution is -2.30. The molecule has 0 rings (SSSR count). The molecule has 0 saturated heterocycles. The van der Waals surface area contributed by atoms with Gasteiger partial charge in [0.25, 0.3) is 0 Å². The van der Waals surface area contributed by atoms with E-state index in [0.29, 0.717) is 25.7 Å². The predicted molar refractivity (Wildman–Crippen MR) is 400 cm³/mol. The summed E-state index contributed by atoms with van der Waals surface area (Å²) < 4.78 is 68.4. The van der Waals surface area contributed by atoms with E-state index in [9.17, 15) is 43.2 Å². The number of aliphatic hydroxyl groups is 1. The van der Waals surface area contributed by atoms with Crippen LogP contribution in [0.15, 0.2) is 0 Å². The number of esters is 4. The van der Waals surface area contributed by atoms with Crippen molar-refractivity contribution in [1.29, 1.82) is 0 Å². The number of phosphoric acid groups is 2. The second kappa shape index (κ2) is 69.4. The minimum absolute atomic E-state index is 0.106. The smallest absolute Gasteiger partial charge is 0.462 e. The zero-order valence-corrected chi connectivity index (χ0v) is 66.0. The maximum absolute atomic E-state index is 13.1. The maximum Gasteiger partial charge on any atom is 0.472 e. The second-order valence-electron chi connectivity index (χ2n) is 29.6. The molecule has 0 aromatic heterocycles. The first kappa shape index (κ1) is 96.1. The molecule has 0 aliphatic rings. The Balaban J connectivity index is 5.12. The van der Waals surface area contributed by atoms with Crippen LogP contribution < -0.4 is 0 Å². The lowest BCUT2D eigenvalue weighted by molar-refractivity contribution is -0.161.